The van der Waals surface area contributed by atoms with E-state index in [2.05, 4.69) is 16.3 Å². The van der Waals surface area contributed by atoms with Crippen molar-refractivity contribution in [3.8, 4) is 6.07 Å². The minimum absolute atomic E-state index is 0.0896. The zero-order chi connectivity index (χ0) is 30.1. The Labute approximate surface area is 244 Å². The molecule has 3 fully saturated rings. The van der Waals surface area contributed by atoms with Gasteiger partial charge in [0.15, 0.2) is 0 Å². The van der Waals surface area contributed by atoms with E-state index < -0.39 is 31.7 Å². The lowest BCUT2D eigenvalue weighted by Gasteiger charge is -2.48. The highest BCUT2D eigenvalue weighted by Crippen LogP contribution is 2.50. The minimum Gasteiger partial charge on any atom is -0.465 e. The van der Waals surface area contributed by atoms with E-state index in [1.807, 2.05) is 35.2 Å². The highest BCUT2D eigenvalue weighted by molar-refractivity contribution is 7.92. The van der Waals surface area contributed by atoms with Crippen molar-refractivity contribution in [2.75, 3.05) is 37.6 Å². The van der Waals surface area contributed by atoms with Crippen LogP contribution in [0.3, 0.4) is 0 Å². The van der Waals surface area contributed by atoms with E-state index in [0.717, 1.165) is 82.5 Å². The third-order valence-electron chi connectivity index (χ3n) is 9.37. The molecule has 1 saturated carbocycles. The molecule has 3 atom stereocenters. The number of carbonyl (C=O) groups is 1. The van der Waals surface area contributed by atoms with Crippen LogP contribution in [0, 0.1) is 29.1 Å². The number of halogens is 3. The molecule has 2 saturated heterocycles. The van der Waals surface area contributed by atoms with Crippen molar-refractivity contribution in [3.05, 3.63) is 60.2 Å². The fourth-order valence-corrected chi connectivity index (χ4v) is 8.11. The van der Waals surface area contributed by atoms with Crippen molar-refractivity contribution in [3.63, 3.8) is 0 Å². The second-order valence-electron chi connectivity index (χ2n) is 11.7. The number of sulfone groups is 1. The van der Waals surface area contributed by atoms with Crippen LogP contribution in [-0.4, -0.2) is 68.8 Å². The van der Waals surface area contributed by atoms with E-state index in [1.54, 1.807) is 0 Å². The molecule has 0 bridgehead atoms. The first-order chi connectivity index (χ1) is 20.0. The molecule has 226 valence electrons. The highest BCUT2D eigenvalue weighted by atomic mass is 32.2. The number of nitrogens with one attached hydrogen (secondary N) is 1. The third-order valence-corrected chi connectivity index (χ3v) is 10.9. The number of anilines is 1. The lowest BCUT2D eigenvalue weighted by Crippen LogP contribution is -2.55. The summed E-state index contributed by atoms with van der Waals surface area (Å²) in [7, 11) is -5.36. The Kier molecular flexibility index (Phi) is 8.45. The van der Waals surface area contributed by atoms with Crippen molar-refractivity contribution >= 4 is 21.6 Å². The van der Waals surface area contributed by atoms with Gasteiger partial charge < -0.3 is 20.2 Å². The number of likely N-dealkylation sites (tertiary alicyclic amines) is 1. The van der Waals surface area contributed by atoms with Gasteiger partial charge in [0, 0.05) is 43.2 Å². The van der Waals surface area contributed by atoms with Gasteiger partial charge in [-0.3, -0.25) is 0 Å². The number of alkyl halides is 3. The maximum Gasteiger partial charge on any atom is 0.501 e. The average molecular weight is 605 g/mol. The molecular weight excluding hydrogens is 569 g/mol. The Bertz CT molecular complexity index is 1400. The summed E-state index contributed by atoms with van der Waals surface area (Å²) in [6.45, 7) is 3.96. The van der Waals surface area contributed by atoms with Gasteiger partial charge in [-0.15, -0.1) is 0 Å². The van der Waals surface area contributed by atoms with Crippen molar-refractivity contribution in [2.24, 2.45) is 17.8 Å². The number of nitrogens with zero attached hydrogens (tertiary/aromatic N) is 3. The summed E-state index contributed by atoms with van der Waals surface area (Å²) in [5, 5.41) is 22.9. The van der Waals surface area contributed by atoms with Gasteiger partial charge in [0.25, 0.3) is 9.84 Å². The standard InChI is InChI=1S/C30H35F3N4O4S/c31-30(32,33)42(40,41)25-11-9-24(10-12-25)37-18-21(19-37)17-36-15-13-23(14-16-36)29(20-34,22-5-2-1-3-6-22)26-7-4-8-27(26)35-28(38)39/h1-3,5-6,9-12,21,23,26-27,35H,4,7-8,13-19H2,(H,38,39)/t26-,27-,29+/m0/s1. The topological polar surface area (TPSA) is 114 Å². The number of hydrogen-bond acceptors (Lipinski definition) is 6. The molecule has 5 rings (SSSR count). The Morgan fingerprint density at radius 2 is 1.64 bits per heavy atom. The summed E-state index contributed by atoms with van der Waals surface area (Å²) in [5.74, 6) is 0.357. The SMILES string of the molecule is N#C[C@@](c1ccccc1)(C1CCN(CC2CN(c3ccc(S(=O)(=O)C(F)(F)F)cc3)C2)CC1)[C@H]1CCC[C@@H]1NC(=O)O. The minimum atomic E-state index is -5.36. The molecular formula is C30H35F3N4O4S. The summed E-state index contributed by atoms with van der Waals surface area (Å²) in [6.07, 6.45) is 3.00. The third kappa shape index (κ3) is 5.69. The Morgan fingerprint density at radius 1 is 1.00 bits per heavy atom. The predicted octanol–water partition coefficient (Wildman–Crippen LogP) is 5.03. The van der Waals surface area contributed by atoms with Gasteiger partial charge in [-0.2, -0.15) is 18.4 Å². The average Bonchev–Trinajstić information content (AvgIpc) is 3.40. The summed E-state index contributed by atoms with van der Waals surface area (Å²) < 4.78 is 61.7. The van der Waals surface area contributed by atoms with E-state index in [1.165, 1.54) is 12.1 Å². The summed E-state index contributed by atoms with van der Waals surface area (Å²) in [5.41, 5.74) is -4.46. The molecule has 2 aromatic rings. The Balaban J connectivity index is 1.20. The van der Waals surface area contributed by atoms with Gasteiger partial charge in [0.05, 0.1) is 16.4 Å². The zero-order valence-corrected chi connectivity index (χ0v) is 23.9. The molecule has 2 aromatic carbocycles. The molecule has 0 spiro atoms. The summed E-state index contributed by atoms with van der Waals surface area (Å²) in [4.78, 5) is 15.2. The molecule has 0 radical (unpaired) electrons. The smallest absolute Gasteiger partial charge is 0.465 e. The number of piperidine rings is 1. The number of carboxylic acid groups (broad SMARTS) is 1. The van der Waals surface area contributed by atoms with Crippen LogP contribution in [-0.2, 0) is 15.3 Å². The monoisotopic (exact) mass is 604 g/mol. The van der Waals surface area contributed by atoms with Crippen LogP contribution in [0.1, 0.15) is 37.7 Å². The summed E-state index contributed by atoms with van der Waals surface area (Å²) >= 11 is 0. The molecule has 2 N–H and O–H groups in total. The van der Waals surface area contributed by atoms with E-state index in [-0.39, 0.29) is 17.9 Å². The van der Waals surface area contributed by atoms with Gasteiger partial charge in [0.1, 0.15) is 0 Å². The van der Waals surface area contributed by atoms with Crippen LogP contribution in [0.5, 0.6) is 0 Å². The van der Waals surface area contributed by atoms with Gasteiger partial charge in [-0.25, -0.2) is 13.2 Å². The zero-order valence-electron chi connectivity index (χ0n) is 23.1. The van der Waals surface area contributed by atoms with E-state index in [9.17, 15) is 36.8 Å². The number of benzene rings is 2. The van der Waals surface area contributed by atoms with Gasteiger partial charge in [-0.05, 0) is 74.5 Å². The first-order valence-electron chi connectivity index (χ1n) is 14.3. The largest absolute Gasteiger partial charge is 0.501 e. The van der Waals surface area contributed by atoms with E-state index in [4.69, 9.17) is 0 Å². The lowest BCUT2D eigenvalue weighted by molar-refractivity contribution is -0.0436. The first kappa shape index (κ1) is 30.2. The number of rotatable bonds is 8. The van der Waals surface area contributed by atoms with Gasteiger partial charge >= 0.3 is 11.6 Å². The van der Waals surface area contributed by atoms with E-state index in [0.29, 0.717) is 11.6 Å². The second-order valence-corrected chi connectivity index (χ2v) is 13.7. The van der Waals surface area contributed by atoms with Gasteiger partial charge in [0.2, 0.25) is 0 Å². The summed E-state index contributed by atoms with van der Waals surface area (Å²) in [6, 6.07) is 17.1. The maximum absolute atomic E-state index is 12.8. The molecule has 1 aliphatic carbocycles. The van der Waals surface area contributed by atoms with Crippen molar-refractivity contribution in [2.45, 2.75) is 54.0 Å². The normalized spacial score (nSPS) is 24.0. The number of nitriles is 1. The molecule has 0 unspecified atom stereocenters. The quantitative estimate of drug-likeness (QED) is 0.435. The maximum atomic E-state index is 12.8. The van der Waals surface area contributed by atoms with Crippen molar-refractivity contribution in [1.82, 2.24) is 10.2 Å². The second kappa shape index (κ2) is 11.8. The molecule has 3 aliphatic rings. The first-order valence-corrected chi connectivity index (χ1v) is 15.8. The predicted molar refractivity (Wildman–Crippen MR) is 151 cm³/mol. The molecule has 2 aliphatic heterocycles. The fraction of sp³-hybridized carbons (Fsp3) is 0.533. The molecule has 12 heteroatoms. The molecule has 1 amide bonds. The lowest BCUT2D eigenvalue weighted by atomic mass is 9.59. The van der Waals surface area contributed by atoms with Crippen molar-refractivity contribution < 1.29 is 31.5 Å². The molecule has 8 nitrogen and oxygen atoms in total. The molecule has 0 aromatic heterocycles. The molecule has 2 heterocycles. The van der Waals surface area contributed by atoms with Crippen molar-refractivity contribution in [1.29, 1.82) is 5.26 Å². The van der Waals surface area contributed by atoms with Crippen LogP contribution in [0.2, 0.25) is 0 Å². The van der Waals surface area contributed by atoms with Gasteiger partial charge in [-0.1, -0.05) is 36.8 Å². The van der Waals surface area contributed by atoms with Crippen LogP contribution in [0.15, 0.2) is 59.5 Å². The van der Waals surface area contributed by atoms with Crippen LogP contribution < -0.4 is 10.2 Å². The van der Waals surface area contributed by atoms with E-state index >= 15 is 0 Å². The van der Waals surface area contributed by atoms with Crippen LogP contribution in [0.4, 0.5) is 23.7 Å². The Morgan fingerprint density at radius 3 is 2.21 bits per heavy atom. The molecule has 42 heavy (non-hydrogen) atoms. The Hall–Kier alpha value is -3.30. The number of amides is 1. The van der Waals surface area contributed by atoms with Crippen LogP contribution >= 0.6 is 0 Å². The number of hydrogen-bond donors (Lipinski definition) is 2. The highest BCUT2D eigenvalue weighted by Gasteiger charge is 2.52. The van der Waals surface area contributed by atoms with Crippen LogP contribution in [0.25, 0.3) is 0 Å². The fourth-order valence-electron chi connectivity index (χ4n) is 7.34.